The second-order valence-electron chi connectivity index (χ2n) is 7.34. The van der Waals surface area contributed by atoms with Gasteiger partial charge >= 0.3 is 0 Å². The maximum absolute atomic E-state index is 13.0. The summed E-state index contributed by atoms with van der Waals surface area (Å²) in [6.45, 7) is 0.968. The zero-order chi connectivity index (χ0) is 20.7. The number of ether oxygens (including phenoxy) is 1. The van der Waals surface area contributed by atoms with E-state index in [2.05, 4.69) is 15.1 Å². The fourth-order valence-electron chi connectivity index (χ4n) is 3.67. The van der Waals surface area contributed by atoms with Gasteiger partial charge in [0.05, 0.1) is 36.6 Å². The van der Waals surface area contributed by atoms with Crippen LogP contribution in [0.25, 0.3) is 11.0 Å². The van der Waals surface area contributed by atoms with Crippen molar-refractivity contribution in [1.29, 1.82) is 0 Å². The van der Waals surface area contributed by atoms with E-state index in [4.69, 9.17) is 9.72 Å². The number of hydrogen-bond donors (Lipinski definition) is 0. The van der Waals surface area contributed by atoms with Gasteiger partial charge < -0.3 is 9.64 Å². The molecule has 4 heterocycles. The van der Waals surface area contributed by atoms with Crippen LogP contribution in [0.3, 0.4) is 0 Å². The van der Waals surface area contributed by atoms with E-state index >= 15 is 0 Å². The lowest BCUT2D eigenvalue weighted by molar-refractivity contribution is 0.0750. The minimum Gasteiger partial charge on any atom is -0.497 e. The van der Waals surface area contributed by atoms with E-state index in [0.29, 0.717) is 25.1 Å². The molecule has 1 aliphatic heterocycles. The average Bonchev–Trinajstić information content (AvgIpc) is 3.37. The Kier molecular flexibility index (Phi) is 4.39. The van der Waals surface area contributed by atoms with Crippen molar-refractivity contribution in [2.24, 2.45) is 7.05 Å². The second-order valence-corrected chi connectivity index (χ2v) is 7.34. The highest BCUT2D eigenvalue weighted by atomic mass is 16.5. The van der Waals surface area contributed by atoms with Gasteiger partial charge in [0.2, 0.25) is 0 Å². The standard InChI is InChI=1S/C22H20N6O2/c1-27-20-8-15(9-23-18(20)11-25-27)22(29)28-12-16-10-24-21(26-19(16)13-28)7-14-3-5-17(30-2)6-4-14/h3-6,8-11H,7,12-13H2,1-2H3. The molecule has 0 unspecified atom stereocenters. The topological polar surface area (TPSA) is 86.0 Å². The Balaban J connectivity index is 1.33. The summed E-state index contributed by atoms with van der Waals surface area (Å²) in [4.78, 5) is 28.4. The van der Waals surface area contributed by atoms with Crippen molar-refractivity contribution in [2.45, 2.75) is 19.5 Å². The molecule has 0 saturated carbocycles. The zero-order valence-corrected chi connectivity index (χ0v) is 16.7. The van der Waals surface area contributed by atoms with Gasteiger partial charge in [0.1, 0.15) is 17.1 Å². The summed E-state index contributed by atoms with van der Waals surface area (Å²) in [6, 6.07) is 9.70. The number of aromatic nitrogens is 5. The number of amides is 1. The molecule has 1 aliphatic rings. The molecule has 0 saturated heterocycles. The number of hydrogen-bond acceptors (Lipinski definition) is 6. The quantitative estimate of drug-likeness (QED) is 0.523. The summed E-state index contributed by atoms with van der Waals surface area (Å²) in [7, 11) is 3.49. The Labute approximate surface area is 173 Å². The number of benzene rings is 1. The van der Waals surface area contributed by atoms with Gasteiger partial charge in [-0.3, -0.25) is 14.5 Å². The SMILES string of the molecule is COc1ccc(Cc2ncc3c(n2)CN(C(=O)c2cnc4cnn(C)c4c2)C3)cc1. The number of nitrogens with zero attached hydrogens (tertiary/aromatic N) is 6. The normalized spacial score (nSPS) is 12.9. The molecule has 0 spiro atoms. The van der Waals surface area contributed by atoms with Gasteiger partial charge in [0.25, 0.3) is 5.91 Å². The van der Waals surface area contributed by atoms with Gasteiger partial charge in [-0.15, -0.1) is 0 Å². The molecule has 8 heteroatoms. The predicted octanol–water partition coefficient (Wildman–Crippen LogP) is 2.51. The summed E-state index contributed by atoms with van der Waals surface area (Å²) in [5.74, 6) is 1.49. The van der Waals surface area contributed by atoms with Crippen LogP contribution in [0.15, 0.2) is 48.9 Å². The first kappa shape index (κ1) is 18.2. The van der Waals surface area contributed by atoms with E-state index in [-0.39, 0.29) is 5.91 Å². The van der Waals surface area contributed by atoms with Gasteiger partial charge in [-0.1, -0.05) is 12.1 Å². The van der Waals surface area contributed by atoms with Gasteiger partial charge in [-0.25, -0.2) is 9.97 Å². The molecule has 0 atom stereocenters. The van der Waals surface area contributed by atoms with E-state index < -0.39 is 0 Å². The van der Waals surface area contributed by atoms with Crippen LogP contribution in [0.2, 0.25) is 0 Å². The first-order valence-electron chi connectivity index (χ1n) is 9.64. The maximum Gasteiger partial charge on any atom is 0.256 e. The Bertz CT molecular complexity index is 1250. The maximum atomic E-state index is 13.0. The van der Waals surface area contributed by atoms with Gasteiger partial charge in [0.15, 0.2) is 0 Å². The summed E-state index contributed by atoms with van der Waals surface area (Å²) < 4.78 is 6.92. The van der Waals surface area contributed by atoms with E-state index in [0.717, 1.165) is 39.4 Å². The lowest BCUT2D eigenvalue weighted by atomic mass is 10.1. The molecule has 3 aromatic heterocycles. The summed E-state index contributed by atoms with van der Waals surface area (Å²) in [5.41, 5.74) is 5.14. The average molecular weight is 400 g/mol. The van der Waals surface area contributed by atoms with Crippen molar-refractivity contribution in [3.8, 4) is 5.75 Å². The molecule has 1 amide bonds. The molecule has 5 rings (SSSR count). The van der Waals surface area contributed by atoms with Crippen LogP contribution >= 0.6 is 0 Å². The molecule has 0 fully saturated rings. The minimum atomic E-state index is -0.0692. The second kappa shape index (κ2) is 7.22. The van der Waals surface area contributed by atoms with Gasteiger partial charge in [0, 0.05) is 38.0 Å². The Hall–Kier alpha value is -3.81. The molecule has 8 nitrogen and oxygen atoms in total. The first-order chi connectivity index (χ1) is 14.6. The van der Waals surface area contributed by atoms with Gasteiger partial charge in [-0.05, 0) is 23.8 Å². The molecule has 1 aromatic carbocycles. The fourth-order valence-corrected chi connectivity index (χ4v) is 3.67. The number of aryl methyl sites for hydroxylation is 1. The van der Waals surface area contributed by atoms with Crippen LogP contribution in [0.1, 0.15) is 33.0 Å². The van der Waals surface area contributed by atoms with Crippen LogP contribution in [0, 0.1) is 0 Å². The molecular formula is C22H20N6O2. The van der Waals surface area contributed by atoms with Crippen molar-refractivity contribution in [1.82, 2.24) is 29.6 Å². The number of rotatable bonds is 4. The van der Waals surface area contributed by atoms with Crippen LogP contribution in [-0.4, -0.2) is 42.6 Å². The van der Waals surface area contributed by atoms with Crippen LogP contribution in [-0.2, 0) is 26.6 Å². The Morgan fingerprint density at radius 1 is 1.10 bits per heavy atom. The van der Waals surface area contributed by atoms with Crippen LogP contribution in [0.4, 0.5) is 0 Å². The van der Waals surface area contributed by atoms with Crippen LogP contribution in [0.5, 0.6) is 5.75 Å². The number of fused-ring (bicyclic) bond motifs is 2. The third-order valence-electron chi connectivity index (χ3n) is 5.36. The van der Waals surface area contributed by atoms with Crippen molar-refractivity contribution < 1.29 is 9.53 Å². The molecule has 30 heavy (non-hydrogen) atoms. The zero-order valence-electron chi connectivity index (χ0n) is 16.7. The highest BCUT2D eigenvalue weighted by Gasteiger charge is 2.26. The number of carbonyl (C=O) groups is 1. The molecule has 150 valence electrons. The number of pyridine rings is 1. The highest BCUT2D eigenvalue weighted by molar-refractivity contribution is 5.96. The molecule has 0 bridgehead atoms. The summed E-state index contributed by atoms with van der Waals surface area (Å²) in [5, 5.41) is 4.18. The molecular weight excluding hydrogens is 380 g/mol. The number of methoxy groups -OCH3 is 1. The third kappa shape index (κ3) is 3.26. The predicted molar refractivity (Wildman–Crippen MR) is 110 cm³/mol. The van der Waals surface area contributed by atoms with E-state index in [1.54, 1.807) is 29.1 Å². The minimum absolute atomic E-state index is 0.0692. The summed E-state index contributed by atoms with van der Waals surface area (Å²) >= 11 is 0. The Morgan fingerprint density at radius 3 is 2.73 bits per heavy atom. The smallest absolute Gasteiger partial charge is 0.256 e. The van der Waals surface area contributed by atoms with Gasteiger partial charge in [-0.2, -0.15) is 5.10 Å². The molecule has 0 radical (unpaired) electrons. The van der Waals surface area contributed by atoms with E-state index in [9.17, 15) is 4.79 Å². The lowest BCUT2D eigenvalue weighted by Crippen LogP contribution is -2.25. The largest absolute Gasteiger partial charge is 0.497 e. The first-order valence-corrected chi connectivity index (χ1v) is 9.64. The summed E-state index contributed by atoms with van der Waals surface area (Å²) in [6.07, 6.45) is 5.76. The van der Waals surface area contributed by atoms with E-state index in [1.807, 2.05) is 43.6 Å². The monoisotopic (exact) mass is 400 g/mol. The van der Waals surface area contributed by atoms with Crippen LogP contribution < -0.4 is 4.74 Å². The van der Waals surface area contributed by atoms with Crippen molar-refractivity contribution in [3.63, 3.8) is 0 Å². The molecule has 0 N–H and O–H groups in total. The van der Waals surface area contributed by atoms with E-state index in [1.165, 1.54) is 0 Å². The highest BCUT2D eigenvalue weighted by Crippen LogP contribution is 2.24. The van der Waals surface area contributed by atoms with Crippen molar-refractivity contribution in [2.75, 3.05) is 7.11 Å². The van der Waals surface area contributed by atoms with Crippen molar-refractivity contribution in [3.05, 3.63) is 77.1 Å². The fraction of sp³-hybridized carbons (Fsp3) is 0.227. The Morgan fingerprint density at radius 2 is 1.93 bits per heavy atom. The number of carbonyl (C=O) groups excluding carboxylic acids is 1. The van der Waals surface area contributed by atoms with Crippen molar-refractivity contribution >= 4 is 16.9 Å². The molecule has 4 aromatic rings. The third-order valence-corrected chi connectivity index (χ3v) is 5.36. The lowest BCUT2D eigenvalue weighted by Gasteiger charge is -2.14. The molecule has 0 aliphatic carbocycles.